The molecule has 0 bridgehead atoms. The summed E-state index contributed by atoms with van der Waals surface area (Å²) in [6.07, 6.45) is 6.24. The van der Waals surface area contributed by atoms with E-state index >= 15 is 0 Å². The lowest BCUT2D eigenvalue weighted by atomic mass is 10.0. The first-order valence-electron chi connectivity index (χ1n) is 5.65. The zero-order valence-electron chi connectivity index (χ0n) is 9.17. The number of piperidine rings is 1. The van der Waals surface area contributed by atoms with E-state index in [2.05, 4.69) is 4.98 Å². The Kier molecular flexibility index (Phi) is 3.51. The highest BCUT2D eigenvalue weighted by molar-refractivity contribution is 5.94. The fraction of sp³-hybridized carbons (Fsp3) is 0.500. The van der Waals surface area contributed by atoms with Gasteiger partial charge >= 0.3 is 0 Å². The van der Waals surface area contributed by atoms with Crippen molar-refractivity contribution in [2.24, 2.45) is 0 Å². The number of pyridine rings is 1. The molecule has 1 N–H and O–H groups in total. The van der Waals surface area contributed by atoms with Gasteiger partial charge in [0.1, 0.15) is 0 Å². The minimum Gasteiger partial charge on any atom is -0.394 e. The van der Waals surface area contributed by atoms with Gasteiger partial charge in [0.05, 0.1) is 12.6 Å². The Bertz CT molecular complexity index is 353. The van der Waals surface area contributed by atoms with Crippen LogP contribution in [0.25, 0.3) is 0 Å². The number of hydrogen-bond acceptors (Lipinski definition) is 3. The van der Waals surface area contributed by atoms with Crippen molar-refractivity contribution < 1.29 is 9.90 Å². The van der Waals surface area contributed by atoms with E-state index in [-0.39, 0.29) is 18.6 Å². The highest BCUT2D eigenvalue weighted by Crippen LogP contribution is 2.18. The smallest absolute Gasteiger partial charge is 0.254 e. The van der Waals surface area contributed by atoms with Gasteiger partial charge in [-0.05, 0) is 31.4 Å². The van der Waals surface area contributed by atoms with Crippen LogP contribution in [0, 0.1) is 0 Å². The third-order valence-electron chi connectivity index (χ3n) is 3.03. The summed E-state index contributed by atoms with van der Waals surface area (Å²) in [5, 5.41) is 9.25. The fourth-order valence-corrected chi connectivity index (χ4v) is 2.12. The van der Waals surface area contributed by atoms with E-state index in [1.807, 2.05) is 0 Å². The first-order valence-corrected chi connectivity index (χ1v) is 5.65. The van der Waals surface area contributed by atoms with E-state index in [1.165, 1.54) is 0 Å². The van der Waals surface area contributed by atoms with E-state index in [1.54, 1.807) is 29.4 Å². The van der Waals surface area contributed by atoms with Crippen LogP contribution in [0.1, 0.15) is 29.6 Å². The number of carbonyl (C=O) groups is 1. The second-order valence-electron chi connectivity index (χ2n) is 4.07. The number of aromatic nitrogens is 1. The summed E-state index contributed by atoms with van der Waals surface area (Å²) >= 11 is 0. The van der Waals surface area contributed by atoms with Crippen LogP contribution >= 0.6 is 0 Å². The zero-order chi connectivity index (χ0) is 11.4. The number of nitrogens with zero attached hydrogens (tertiary/aromatic N) is 2. The molecule has 1 amide bonds. The van der Waals surface area contributed by atoms with E-state index in [9.17, 15) is 9.90 Å². The molecular formula is C12H16N2O2. The average Bonchev–Trinajstić information content (AvgIpc) is 2.39. The Balaban J connectivity index is 2.14. The number of amides is 1. The molecule has 1 fully saturated rings. The maximum atomic E-state index is 12.2. The minimum absolute atomic E-state index is 0.00106. The molecule has 86 valence electrons. The van der Waals surface area contributed by atoms with Crippen molar-refractivity contribution in [3.05, 3.63) is 30.1 Å². The van der Waals surface area contributed by atoms with Gasteiger partial charge in [-0.1, -0.05) is 0 Å². The van der Waals surface area contributed by atoms with Crippen molar-refractivity contribution in [2.45, 2.75) is 25.3 Å². The lowest BCUT2D eigenvalue weighted by molar-refractivity contribution is 0.0503. The van der Waals surface area contributed by atoms with Crippen LogP contribution in [0.3, 0.4) is 0 Å². The molecule has 1 aromatic heterocycles. The van der Waals surface area contributed by atoms with Crippen LogP contribution < -0.4 is 0 Å². The van der Waals surface area contributed by atoms with Gasteiger partial charge < -0.3 is 10.0 Å². The Hall–Kier alpha value is -1.42. The van der Waals surface area contributed by atoms with E-state index < -0.39 is 0 Å². The average molecular weight is 220 g/mol. The number of rotatable bonds is 2. The molecule has 4 heteroatoms. The van der Waals surface area contributed by atoms with Gasteiger partial charge in [-0.15, -0.1) is 0 Å². The summed E-state index contributed by atoms with van der Waals surface area (Å²) in [6, 6.07) is 3.41. The number of hydrogen-bond donors (Lipinski definition) is 1. The van der Waals surface area contributed by atoms with Gasteiger partial charge in [-0.2, -0.15) is 0 Å². The predicted octanol–water partition coefficient (Wildman–Crippen LogP) is 1.07. The zero-order valence-corrected chi connectivity index (χ0v) is 9.17. The first-order chi connectivity index (χ1) is 7.83. The van der Waals surface area contributed by atoms with Gasteiger partial charge in [0, 0.05) is 24.5 Å². The number of aliphatic hydroxyl groups is 1. The highest BCUT2D eigenvalue weighted by atomic mass is 16.3. The third kappa shape index (κ3) is 2.22. The largest absolute Gasteiger partial charge is 0.394 e. The molecule has 0 spiro atoms. The monoisotopic (exact) mass is 220 g/mol. The Morgan fingerprint density at radius 1 is 1.44 bits per heavy atom. The van der Waals surface area contributed by atoms with Crippen LogP contribution in [0.5, 0.6) is 0 Å². The molecular weight excluding hydrogens is 204 g/mol. The molecule has 2 heterocycles. The second kappa shape index (κ2) is 5.07. The molecule has 1 atom stereocenters. The van der Waals surface area contributed by atoms with Gasteiger partial charge in [0.15, 0.2) is 0 Å². The van der Waals surface area contributed by atoms with Crippen molar-refractivity contribution in [2.75, 3.05) is 13.2 Å². The molecule has 16 heavy (non-hydrogen) atoms. The predicted molar refractivity (Wildman–Crippen MR) is 60.0 cm³/mol. The molecule has 0 radical (unpaired) electrons. The van der Waals surface area contributed by atoms with Crippen LogP contribution in [0.15, 0.2) is 24.5 Å². The molecule has 0 aliphatic carbocycles. The lowest BCUT2D eigenvalue weighted by Crippen LogP contribution is -2.45. The highest BCUT2D eigenvalue weighted by Gasteiger charge is 2.26. The number of carbonyl (C=O) groups excluding carboxylic acids is 1. The first kappa shape index (κ1) is 11.1. The van der Waals surface area contributed by atoms with E-state index in [0.717, 1.165) is 25.8 Å². The van der Waals surface area contributed by atoms with Gasteiger partial charge in [0.2, 0.25) is 0 Å². The van der Waals surface area contributed by atoms with Gasteiger partial charge in [0.25, 0.3) is 5.91 Å². The summed E-state index contributed by atoms with van der Waals surface area (Å²) in [5.74, 6) is 0.00106. The number of aliphatic hydroxyl groups excluding tert-OH is 1. The molecule has 4 nitrogen and oxygen atoms in total. The summed E-state index contributed by atoms with van der Waals surface area (Å²) in [5.41, 5.74) is 0.648. The maximum absolute atomic E-state index is 12.2. The van der Waals surface area contributed by atoms with Crippen molar-refractivity contribution in [1.29, 1.82) is 0 Å². The van der Waals surface area contributed by atoms with E-state index in [4.69, 9.17) is 0 Å². The normalized spacial score (nSPS) is 20.8. The van der Waals surface area contributed by atoms with Crippen LogP contribution in [-0.4, -0.2) is 40.1 Å². The standard InChI is InChI=1S/C12H16N2O2/c15-9-11-3-1-2-8-14(11)12(16)10-4-6-13-7-5-10/h4-7,11,15H,1-3,8-9H2. The van der Waals surface area contributed by atoms with E-state index in [0.29, 0.717) is 5.56 Å². The summed E-state index contributed by atoms with van der Waals surface area (Å²) in [7, 11) is 0. The number of likely N-dealkylation sites (tertiary alicyclic amines) is 1. The van der Waals surface area contributed by atoms with Crippen molar-refractivity contribution in [3.63, 3.8) is 0 Å². The molecule has 1 aromatic rings. The molecule has 1 unspecified atom stereocenters. The summed E-state index contributed by atoms with van der Waals surface area (Å²) in [4.78, 5) is 17.8. The maximum Gasteiger partial charge on any atom is 0.254 e. The lowest BCUT2D eigenvalue weighted by Gasteiger charge is -2.34. The molecule has 1 aliphatic rings. The molecule has 0 saturated carbocycles. The fourth-order valence-electron chi connectivity index (χ4n) is 2.12. The van der Waals surface area contributed by atoms with Gasteiger partial charge in [-0.25, -0.2) is 0 Å². The van der Waals surface area contributed by atoms with Crippen LogP contribution in [0.4, 0.5) is 0 Å². The minimum atomic E-state index is -0.0191. The SMILES string of the molecule is O=C(c1ccncc1)N1CCCCC1CO. The Morgan fingerprint density at radius 3 is 2.88 bits per heavy atom. The summed E-state index contributed by atoms with van der Waals surface area (Å²) in [6.45, 7) is 0.795. The Labute approximate surface area is 94.9 Å². The van der Waals surface area contributed by atoms with Crippen LogP contribution in [0.2, 0.25) is 0 Å². The molecule has 2 rings (SSSR count). The second-order valence-corrected chi connectivity index (χ2v) is 4.07. The van der Waals surface area contributed by atoms with Crippen LogP contribution in [-0.2, 0) is 0 Å². The van der Waals surface area contributed by atoms with Crippen molar-refractivity contribution >= 4 is 5.91 Å². The van der Waals surface area contributed by atoms with Gasteiger partial charge in [-0.3, -0.25) is 9.78 Å². The molecule has 1 aliphatic heterocycles. The van der Waals surface area contributed by atoms with Crippen molar-refractivity contribution in [1.82, 2.24) is 9.88 Å². The Morgan fingerprint density at radius 2 is 2.19 bits per heavy atom. The third-order valence-corrected chi connectivity index (χ3v) is 3.03. The van der Waals surface area contributed by atoms with Crippen molar-refractivity contribution in [3.8, 4) is 0 Å². The molecule has 0 aromatic carbocycles. The molecule has 1 saturated heterocycles. The summed E-state index contributed by atoms with van der Waals surface area (Å²) < 4.78 is 0. The topological polar surface area (TPSA) is 53.4 Å². The quantitative estimate of drug-likeness (QED) is 0.811.